The molecular formula is C22H24N2O5S. The minimum Gasteiger partial charge on any atom is -0.480 e. The fraction of sp³-hybridized carbons (Fsp3) is 0.318. The number of hydrogen-bond acceptors (Lipinski definition) is 6. The van der Waals surface area contributed by atoms with Gasteiger partial charge in [0.05, 0.1) is 17.9 Å². The van der Waals surface area contributed by atoms with Crippen molar-refractivity contribution in [3.63, 3.8) is 0 Å². The van der Waals surface area contributed by atoms with Gasteiger partial charge in [-0.3, -0.25) is 14.9 Å². The number of thioether (sulfide) groups is 1. The molecule has 30 heavy (non-hydrogen) atoms. The van der Waals surface area contributed by atoms with Crippen LogP contribution in [0.25, 0.3) is 0 Å². The van der Waals surface area contributed by atoms with E-state index in [1.807, 2.05) is 60.7 Å². The van der Waals surface area contributed by atoms with Crippen LogP contribution in [-0.4, -0.2) is 52.8 Å². The van der Waals surface area contributed by atoms with Crippen LogP contribution in [0.15, 0.2) is 60.7 Å². The predicted molar refractivity (Wildman–Crippen MR) is 114 cm³/mol. The summed E-state index contributed by atoms with van der Waals surface area (Å²) in [4.78, 5) is 37.2. The number of carboxylic acids is 1. The van der Waals surface area contributed by atoms with Gasteiger partial charge in [-0.05, 0) is 18.1 Å². The summed E-state index contributed by atoms with van der Waals surface area (Å²) >= 11 is 1.28. The first kappa shape index (κ1) is 21.9. The molecule has 1 amide bonds. The third kappa shape index (κ3) is 5.20. The maximum absolute atomic E-state index is 13.4. The molecule has 158 valence electrons. The highest BCUT2D eigenvalue weighted by atomic mass is 32.2. The van der Waals surface area contributed by atoms with Crippen molar-refractivity contribution in [3.8, 4) is 0 Å². The average Bonchev–Trinajstić information content (AvgIpc) is 3.24. The highest BCUT2D eigenvalue weighted by Crippen LogP contribution is 2.27. The Hall–Kier alpha value is -2.84. The van der Waals surface area contributed by atoms with Gasteiger partial charge in [-0.2, -0.15) is 0 Å². The summed E-state index contributed by atoms with van der Waals surface area (Å²) in [6.07, 6.45) is 0. The highest BCUT2D eigenvalue weighted by molar-refractivity contribution is 8.00. The van der Waals surface area contributed by atoms with Crippen LogP contribution in [0.5, 0.6) is 0 Å². The second-order valence-corrected chi connectivity index (χ2v) is 7.98. The fourth-order valence-corrected chi connectivity index (χ4v) is 4.61. The molecule has 1 aliphatic rings. The lowest BCUT2D eigenvalue weighted by Gasteiger charge is -2.26. The number of nitrogens with one attached hydrogen (secondary N) is 2. The molecule has 8 heteroatoms. The number of rotatable bonds is 8. The highest BCUT2D eigenvalue weighted by Gasteiger charge is 2.40. The standard InChI is InChI=1S/C22H24N2O5S/c1-2-29-22(28)18(20-23-16(13-30-20)21(26)27)24-19(25)17(14-9-5-3-6-10-14)15-11-7-4-8-12-15/h3-12,16-18,20,23H,2,13H2,1H3,(H,24,25)(H,26,27)/t16-,18+,20+/m0/s1. The van der Waals surface area contributed by atoms with E-state index in [1.54, 1.807) is 6.92 Å². The second kappa shape index (κ2) is 10.3. The number of esters is 1. The third-order valence-electron chi connectivity index (χ3n) is 4.78. The molecule has 1 fully saturated rings. The largest absolute Gasteiger partial charge is 0.480 e. The summed E-state index contributed by atoms with van der Waals surface area (Å²) in [6, 6.07) is 16.8. The van der Waals surface area contributed by atoms with Gasteiger partial charge in [-0.25, -0.2) is 4.79 Å². The quantitative estimate of drug-likeness (QED) is 0.552. The number of benzene rings is 2. The summed E-state index contributed by atoms with van der Waals surface area (Å²) in [5.74, 6) is -2.27. The monoisotopic (exact) mass is 428 g/mol. The molecule has 3 atom stereocenters. The fourth-order valence-electron chi connectivity index (χ4n) is 3.34. The summed E-state index contributed by atoms with van der Waals surface area (Å²) < 4.78 is 5.15. The molecule has 1 saturated heterocycles. The van der Waals surface area contributed by atoms with Crippen molar-refractivity contribution in [1.82, 2.24) is 10.6 Å². The SMILES string of the molecule is CCOC(=O)[C@H](NC(=O)C(c1ccccc1)c1ccccc1)[C@@H]1N[C@H](C(=O)O)CS1. The first-order chi connectivity index (χ1) is 14.5. The van der Waals surface area contributed by atoms with Gasteiger partial charge in [-0.1, -0.05) is 60.7 Å². The Bertz CT molecular complexity index is 838. The minimum absolute atomic E-state index is 0.158. The van der Waals surface area contributed by atoms with Gasteiger partial charge in [-0.15, -0.1) is 11.8 Å². The minimum atomic E-state index is -1.01. The number of carbonyl (C=O) groups excluding carboxylic acids is 2. The topological polar surface area (TPSA) is 105 Å². The van der Waals surface area contributed by atoms with E-state index >= 15 is 0 Å². The normalized spacial score (nSPS) is 19.3. The Labute approximate surface area is 179 Å². The molecule has 1 aliphatic heterocycles. The summed E-state index contributed by atoms with van der Waals surface area (Å²) in [6.45, 7) is 1.84. The summed E-state index contributed by atoms with van der Waals surface area (Å²) in [7, 11) is 0. The molecule has 0 spiro atoms. The maximum atomic E-state index is 13.4. The van der Waals surface area contributed by atoms with Gasteiger partial charge in [0.25, 0.3) is 0 Å². The molecule has 2 aromatic rings. The zero-order valence-corrected chi connectivity index (χ0v) is 17.3. The molecule has 3 N–H and O–H groups in total. The first-order valence-corrected chi connectivity index (χ1v) is 10.7. The number of amides is 1. The molecule has 0 saturated carbocycles. The molecule has 0 unspecified atom stereocenters. The van der Waals surface area contributed by atoms with Gasteiger partial charge in [0.1, 0.15) is 6.04 Å². The molecule has 0 aliphatic carbocycles. The molecule has 0 aromatic heterocycles. The number of hydrogen-bond donors (Lipinski definition) is 3. The van der Waals surface area contributed by atoms with Crippen LogP contribution in [-0.2, 0) is 19.1 Å². The van der Waals surface area contributed by atoms with Crippen molar-refractivity contribution < 1.29 is 24.2 Å². The average molecular weight is 429 g/mol. The Morgan fingerprint density at radius 2 is 1.67 bits per heavy atom. The molecule has 0 radical (unpaired) electrons. The van der Waals surface area contributed by atoms with Crippen LogP contribution in [0.4, 0.5) is 0 Å². The van der Waals surface area contributed by atoms with Crippen molar-refractivity contribution >= 4 is 29.6 Å². The molecule has 0 bridgehead atoms. The van der Waals surface area contributed by atoms with Gasteiger partial charge in [0.2, 0.25) is 5.91 Å². The smallest absolute Gasteiger partial charge is 0.331 e. The van der Waals surface area contributed by atoms with E-state index in [2.05, 4.69) is 10.6 Å². The number of carbonyl (C=O) groups is 3. The van der Waals surface area contributed by atoms with E-state index in [4.69, 9.17) is 4.74 Å². The van der Waals surface area contributed by atoms with E-state index in [1.165, 1.54) is 11.8 Å². The van der Waals surface area contributed by atoms with E-state index < -0.39 is 35.3 Å². The van der Waals surface area contributed by atoms with Crippen molar-refractivity contribution in [1.29, 1.82) is 0 Å². The maximum Gasteiger partial charge on any atom is 0.331 e. The Morgan fingerprint density at radius 3 is 2.13 bits per heavy atom. The van der Waals surface area contributed by atoms with Gasteiger partial charge in [0.15, 0.2) is 6.04 Å². The molecule has 1 heterocycles. The molecule has 7 nitrogen and oxygen atoms in total. The van der Waals surface area contributed by atoms with Gasteiger partial charge >= 0.3 is 11.9 Å². The zero-order valence-electron chi connectivity index (χ0n) is 16.5. The molecule has 2 aromatic carbocycles. The Morgan fingerprint density at radius 1 is 1.10 bits per heavy atom. The summed E-state index contributed by atoms with van der Waals surface area (Å²) in [5.41, 5.74) is 1.58. The van der Waals surface area contributed by atoms with Crippen LogP contribution in [0, 0.1) is 0 Å². The lowest BCUT2D eigenvalue weighted by atomic mass is 9.90. The van der Waals surface area contributed by atoms with E-state index in [0.29, 0.717) is 5.75 Å². The van der Waals surface area contributed by atoms with Crippen LogP contribution in [0.3, 0.4) is 0 Å². The third-order valence-corrected chi connectivity index (χ3v) is 6.07. The van der Waals surface area contributed by atoms with Gasteiger partial charge < -0.3 is 15.2 Å². The van der Waals surface area contributed by atoms with E-state index in [9.17, 15) is 19.5 Å². The van der Waals surface area contributed by atoms with Crippen LogP contribution in [0.1, 0.15) is 24.0 Å². The number of carboxylic acid groups (broad SMARTS) is 1. The van der Waals surface area contributed by atoms with Crippen molar-refractivity contribution in [2.45, 2.75) is 30.3 Å². The van der Waals surface area contributed by atoms with E-state index in [0.717, 1.165) is 11.1 Å². The molecule has 3 rings (SSSR count). The van der Waals surface area contributed by atoms with Crippen LogP contribution >= 0.6 is 11.8 Å². The molecular weight excluding hydrogens is 404 g/mol. The first-order valence-electron chi connectivity index (χ1n) is 9.68. The predicted octanol–water partition coefficient (Wildman–Crippen LogP) is 1.98. The summed E-state index contributed by atoms with van der Waals surface area (Å²) in [5, 5.41) is 14.4. The number of aliphatic carboxylic acids is 1. The van der Waals surface area contributed by atoms with Crippen LogP contribution < -0.4 is 10.6 Å². The van der Waals surface area contributed by atoms with Crippen molar-refractivity contribution in [3.05, 3.63) is 71.8 Å². The van der Waals surface area contributed by atoms with Gasteiger partial charge in [0, 0.05) is 5.75 Å². The lowest BCUT2D eigenvalue weighted by Crippen LogP contribution is -2.54. The Balaban J connectivity index is 1.87. The van der Waals surface area contributed by atoms with Crippen molar-refractivity contribution in [2.24, 2.45) is 0 Å². The lowest BCUT2D eigenvalue weighted by molar-refractivity contribution is -0.148. The second-order valence-electron chi connectivity index (χ2n) is 6.80. The number of ether oxygens (including phenoxy) is 1. The van der Waals surface area contributed by atoms with Crippen LogP contribution in [0.2, 0.25) is 0 Å². The van der Waals surface area contributed by atoms with Crippen molar-refractivity contribution in [2.75, 3.05) is 12.4 Å². The Kier molecular flexibility index (Phi) is 7.48. The van der Waals surface area contributed by atoms with E-state index in [-0.39, 0.29) is 12.5 Å². The zero-order chi connectivity index (χ0) is 21.5.